The van der Waals surface area contributed by atoms with Gasteiger partial charge in [0.1, 0.15) is 15.5 Å². The fourth-order valence-electron chi connectivity index (χ4n) is 3.05. The van der Waals surface area contributed by atoms with E-state index in [2.05, 4.69) is 15.3 Å². The van der Waals surface area contributed by atoms with Crippen molar-refractivity contribution in [1.29, 1.82) is 0 Å². The molecule has 0 bridgehead atoms. The van der Waals surface area contributed by atoms with Gasteiger partial charge >= 0.3 is 5.97 Å². The zero-order valence-electron chi connectivity index (χ0n) is 13.3. The average Bonchev–Trinajstić information content (AvgIpc) is 2.85. The van der Waals surface area contributed by atoms with E-state index in [1.807, 2.05) is 6.92 Å². The van der Waals surface area contributed by atoms with Crippen LogP contribution < -0.4 is 5.32 Å². The molecular formula is C16H20ClN3O2S. The Labute approximate surface area is 144 Å². The molecule has 23 heavy (non-hydrogen) atoms. The second-order valence-corrected chi connectivity index (χ2v) is 7.11. The van der Waals surface area contributed by atoms with Gasteiger partial charge in [0, 0.05) is 6.04 Å². The van der Waals surface area contributed by atoms with E-state index in [0.29, 0.717) is 17.5 Å². The lowest BCUT2D eigenvalue weighted by atomic mass is 9.95. The number of carbonyl (C=O) groups is 1. The zero-order chi connectivity index (χ0) is 16.4. The molecule has 1 saturated carbocycles. The summed E-state index contributed by atoms with van der Waals surface area (Å²) in [5, 5.41) is 4.59. The second-order valence-electron chi connectivity index (χ2n) is 5.78. The Morgan fingerprint density at radius 1 is 1.35 bits per heavy atom. The number of nitrogens with one attached hydrogen (secondary N) is 1. The monoisotopic (exact) mass is 353 g/mol. The van der Waals surface area contributed by atoms with Crippen LogP contribution in [0.2, 0.25) is 5.28 Å². The molecular weight excluding hydrogens is 334 g/mol. The van der Waals surface area contributed by atoms with E-state index in [0.717, 1.165) is 34.4 Å². The van der Waals surface area contributed by atoms with Gasteiger partial charge in [-0.05, 0) is 43.9 Å². The summed E-state index contributed by atoms with van der Waals surface area (Å²) >= 11 is 7.38. The quantitative estimate of drug-likeness (QED) is 0.644. The van der Waals surface area contributed by atoms with Gasteiger partial charge in [-0.25, -0.2) is 14.8 Å². The number of carbonyl (C=O) groups excluding carboxylic acids is 1. The average molecular weight is 354 g/mol. The largest absolute Gasteiger partial charge is 0.462 e. The molecule has 2 aromatic heterocycles. The number of aryl methyl sites for hydroxylation is 1. The van der Waals surface area contributed by atoms with Crippen molar-refractivity contribution in [2.75, 3.05) is 11.9 Å². The third-order valence-corrected chi connectivity index (χ3v) is 5.50. The zero-order valence-corrected chi connectivity index (χ0v) is 14.9. The fraction of sp³-hybridized carbons (Fsp3) is 0.562. The highest BCUT2D eigenvalue weighted by Gasteiger charge is 2.23. The second kappa shape index (κ2) is 7.01. The normalized spacial score (nSPS) is 15.8. The van der Waals surface area contributed by atoms with Gasteiger partial charge in [-0.15, -0.1) is 11.3 Å². The third-order valence-electron chi connectivity index (χ3n) is 4.17. The Morgan fingerprint density at radius 2 is 2.09 bits per heavy atom. The van der Waals surface area contributed by atoms with Gasteiger partial charge in [0.05, 0.1) is 12.0 Å². The summed E-state index contributed by atoms with van der Waals surface area (Å²) in [7, 11) is 0. The van der Waals surface area contributed by atoms with Crippen LogP contribution in [0.5, 0.6) is 0 Å². The number of anilines is 1. The van der Waals surface area contributed by atoms with E-state index >= 15 is 0 Å². The molecule has 1 fully saturated rings. The number of nitrogens with zero attached hydrogens (tertiary/aromatic N) is 2. The van der Waals surface area contributed by atoms with E-state index in [9.17, 15) is 4.79 Å². The first-order valence-corrected chi connectivity index (χ1v) is 9.20. The Morgan fingerprint density at radius 3 is 2.78 bits per heavy atom. The van der Waals surface area contributed by atoms with Crippen LogP contribution in [0.25, 0.3) is 10.2 Å². The smallest absolute Gasteiger partial charge is 0.348 e. The topological polar surface area (TPSA) is 64.1 Å². The van der Waals surface area contributed by atoms with Crippen molar-refractivity contribution in [1.82, 2.24) is 9.97 Å². The minimum Gasteiger partial charge on any atom is -0.462 e. The predicted octanol–water partition coefficient (Wildman–Crippen LogP) is 4.57. The first kappa shape index (κ1) is 16.5. The number of esters is 1. The fourth-order valence-corrected chi connectivity index (χ4v) is 4.34. The van der Waals surface area contributed by atoms with Crippen LogP contribution in [0.1, 0.15) is 54.3 Å². The molecule has 0 unspecified atom stereocenters. The summed E-state index contributed by atoms with van der Waals surface area (Å²) in [5.41, 5.74) is 0.860. The van der Waals surface area contributed by atoms with Gasteiger partial charge in [-0.2, -0.15) is 0 Å². The summed E-state index contributed by atoms with van der Waals surface area (Å²) in [4.78, 5) is 22.1. The molecule has 124 valence electrons. The SMILES string of the molecule is CCOC(=O)c1sc2nc(Cl)nc(NC3CCCCC3)c2c1C. The number of hydrogen-bond donors (Lipinski definition) is 1. The lowest BCUT2D eigenvalue weighted by molar-refractivity contribution is 0.0531. The molecule has 1 aliphatic rings. The number of aromatic nitrogens is 2. The van der Waals surface area contributed by atoms with Crippen molar-refractivity contribution in [2.45, 2.75) is 52.0 Å². The van der Waals surface area contributed by atoms with Gasteiger partial charge in [-0.1, -0.05) is 19.3 Å². The lowest BCUT2D eigenvalue weighted by Gasteiger charge is -2.23. The number of ether oxygens (including phenoxy) is 1. The van der Waals surface area contributed by atoms with E-state index in [1.54, 1.807) is 6.92 Å². The predicted molar refractivity (Wildman–Crippen MR) is 93.6 cm³/mol. The molecule has 0 aromatic carbocycles. The van der Waals surface area contributed by atoms with Crippen LogP contribution >= 0.6 is 22.9 Å². The van der Waals surface area contributed by atoms with Gasteiger partial charge in [0.15, 0.2) is 0 Å². The molecule has 0 atom stereocenters. The van der Waals surface area contributed by atoms with E-state index in [1.165, 1.54) is 30.6 Å². The molecule has 2 aromatic rings. The van der Waals surface area contributed by atoms with Crippen molar-refractivity contribution in [3.8, 4) is 0 Å². The molecule has 3 rings (SSSR count). The Kier molecular flexibility index (Phi) is 5.02. The highest BCUT2D eigenvalue weighted by atomic mass is 35.5. The van der Waals surface area contributed by atoms with Crippen LogP contribution in [0.15, 0.2) is 0 Å². The van der Waals surface area contributed by atoms with E-state index in [4.69, 9.17) is 16.3 Å². The maximum atomic E-state index is 12.1. The summed E-state index contributed by atoms with van der Waals surface area (Å²) < 4.78 is 5.13. The minimum atomic E-state index is -0.312. The molecule has 5 nitrogen and oxygen atoms in total. The molecule has 0 radical (unpaired) electrons. The van der Waals surface area contributed by atoms with Crippen molar-refractivity contribution in [2.24, 2.45) is 0 Å². The van der Waals surface area contributed by atoms with Crippen LogP contribution in [0.4, 0.5) is 5.82 Å². The van der Waals surface area contributed by atoms with Crippen molar-refractivity contribution in [3.63, 3.8) is 0 Å². The number of fused-ring (bicyclic) bond motifs is 1. The van der Waals surface area contributed by atoms with Gasteiger partial charge in [0.25, 0.3) is 0 Å². The maximum absolute atomic E-state index is 12.1. The number of halogens is 1. The Balaban J connectivity index is 2.01. The molecule has 0 aliphatic heterocycles. The van der Waals surface area contributed by atoms with Crippen molar-refractivity contribution >= 4 is 44.9 Å². The summed E-state index contributed by atoms with van der Waals surface area (Å²) in [6.07, 6.45) is 6.03. The number of hydrogen-bond acceptors (Lipinski definition) is 6. The van der Waals surface area contributed by atoms with Gasteiger partial charge in [-0.3, -0.25) is 0 Å². The molecule has 1 aliphatic carbocycles. The number of thiophene rings is 1. The van der Waals surface area contributed by atoms with Gasteiger partial charge < -0.3 is 10.1 Å². The molecule has 2 heterocycles. The highest BCUT2D eigenvalue weighted by molar-refractivity contribution is 7.20. The number of rotatable bonds is 4. The Bertz CT molecular complexity index is 726. The first-order chi connectivity index (χ1) is 11.1. The van der Waals surface area contributed by atoms with E-state index < -0.39 is 0 Å². The highest BCUT2D eigenvalue weighted by Crippen LogP contribution is 2.36. The Hall–Kier alpha value is -1.40. The van der Waals surface area contributed by atoms with Crippen LogP contribution in [-0.2, 0) is 4.74 Å². The van der Waals surface area contributed by atoms with Crippen LogP contribution in [0, 0.1) is 6.92 Å². The minimum absolute atomic E-state index is 0.201. The molecule has 7 heteroatoms. The molecule has 0 amide bonds. The van der Waals surface area contributed by atoms with Crippen LogP contribution in [-0.4, -0.2) is 28.6 Å². The summed E-state index contributed by atoms with van der Waals surface area (Å²) in [6, 6.07) is 0.406. The third kappa shape index (κ3) is 3.43. The standard InChI is InChI=1S/C16H20ClN3O2S/c1-3-22-15(21)12-9(2)11-13(18-10-7-5-4-6-8-10)19-16(17)20-14(11)23-12/h10H,3-8H2,1-2H3,(H,18,19,20). The maximum Gasteiger partial charge on any atom is 0.348 e. The molecule has 0 spiro atoms. The first-order valence-electron chi connectivity index (χ1n) is 8.00. The summed E-state index contributed by atoms with van der Waals surface area (Å²) in [5.74, 6) is 0.420. The van der Waals surface area contributed by atoms with Crippen molar-refractivity contribution < 1.29 is 9.53 Å². The van der Waals surface area contributed by atoms with Crippen molar-refractivity contribution in [3.05, 3.63) is 15.7 Å². The molecule has 0 saturated heterocycles. The van der Waals surface area contributed by atoms with Gasteiger partial charge in [0.2, 0.25) is 5.28 Å². The molecule has 1 N–H and O–H groups in total. The summed E-state index contributed by atoms with van der Waals surface area (Å²) in [6.45, 7) is 4.06. The van der Waals surface area contributed by atoms with Crippen LogP contribution in [0.3, 0.4) is 0 Å². The van der Waals surface area contributed by atoms with E-state index in [-0.39, 0.29) is 11.3 Å². The lowest BCUT2D eigenvalue weighted by Crippen LogP contribution is -2.23.